The predicted octanol–water partition coefficient (Wildman–Crippen LogP) is 1.89. The zero-order valence-corrected chi connectivity index (χ0v) is 11.0. The van der Waals surface area contributed by atoms with Crippen molar-refractivity contribution in [2.45, 2.75) is 20.0 Å². The highest BCUT2D eigenvalue weighted by Gasteiger charge is 2.09. The minimum atomic E-state index is -0.360. The zero-order valence-electron chi connectivity index (χ0n) is 11.0. The fraction of sp³-hybridized carbons (Fsp3) is 0.462. The molecule has 18 heavy (non-hydrogen) atoms. The SMILES string of the molecule is CCOC(=O)c1ccc(NCC(C)OC)c(N)c1. The second kappa shape index (κ2) is 6.86. The molecule has 0 aromatic heterocycles. The number of benzene rings is 1. The number of carbonyl (C=O) groups excluding carboxylic acids is 1. The lowest BCUT2D eigenvalue weighted by Gasteiger charge is -2.14. The van der Waals surface area contributed by atoms with Gasteiger partial charge in [0, 0.05) is 13.7 Å². The molecule has 1 aromatic carbocycles. The maximum absolute atomic E-state index is 11.5. The molecule has 1 unspecified atom stereocenters. The molecule has 0 radical (unpaired) electrons. The monoisotopic (exact) mass is 252 g/mol. The fourth-order valence-electron chi connectivity index (χ4n) is 1.40. The minimum absolute atomic E-state index is 0.0918. The van der Waals surface area contributed by atoms with E-state index in [2.05, 4.69) is 5.32 Å². The van der Waals surface area contributed by atoms with Crippen LogP contribution in [0, 0.1) is 0 Å². The third-order valence-electron chi connectivity index (χ3n) is 2.55. The van der Waals surface area contributed by atoms with E-state index in [1.165, 1.54) is 0 Å². The van der Waals surface area contributed by atoms with Gasteiger partial charge in [-0.2, -0.15) is 0 Å². The smallest absolute Gasteiger partial charge is 0.338 e. The van der Waals surface area contributed by atoms with Crippen LogP contribution < -0.4 is 11.1 Å². The number of nitrogens with two attached hydrogens (primary N) is 1. The van der Waals surface area contributed by atoms with Gasteiger partial charge in [0.25, 0.3) is 0 Å². The molecule has 1 atom stereocenters. The number of esters is 1. The van der Waals surface area contributed by atoms with Gasteiger partial charge in [0.1, 0.15) is 0 Å². The molecular weight excluding hydrogens is 232 g/mol. The number of ether oxygens (including phenoxy) is 2. The van der Waals surface area contributed by atoms with Gasteiger partial charge < -0.3 is 20.5 Å². The third-order valence-corrected chi connectivity index (χ3v) is 2.55. The van der Waals surface area contributed by atoms with Crippen LogP contribution in [0.5, 0.6) is 0 Å². The van der Waals surface area contributed by atoms with Crippen molar-refractivity contribution in [3.05, 3.63) is 23.8 Å². The zero-order chi connectivity index (χ0) is 13.5. The van der Waals surface area contributed by atoms with Crippen molar-refractivity contribution < 1.29 is 14.3 Å². The van der Waals surface area contributed by atoms with Crippen LogP contribution in [0.2, 0.25) is 0 Å². The van der Waals surface area contributed by atoms with Gasteiger partial charge in [-0.05, 0) is 32.0 Å². The molecule has 1 aromatic rings. The van der Waals surface area contributed by atoms with E-state index < -0.39 is 0 Å². The number of anilines is 2. The number of hydrogen-bond donors (Lipinski definition) is 2. The maximum Gasteiger partial charge on any atom is 0.338 e. The summed E-state index contributed by atoms with van der Waals surface area (Å²) in [5, 5.41) is 3.16. The van der Waals surface area contributed by atoms with Crippen molar-refractivity contribution in [2.75, 3.05) is 31.3 Å². The minimum Gasteiger partial charge on any atom is -0.462 e. The fourth-order valence-corrected chi connectivity index (χ4v) is 1.40. The molecule has 0 bridgehead atoms. The lowest BCUT2D eigenvalue weighted by molar-refractivity contribution is 0.0526. The van der Waals surface area contributed by atoms with Crippen LogP contribution in [0.25, 0.3) is 0 Å². The molecule has 0 aliphatic rings. The van der Waals surface area contributed by atoms with Gasteiger partial charge in [0.15, 0.2) is 0 Å². The number of hydrogen-bond acceptors (Lipinski definition) is 5. The van der Waals surface area contributed by atoms with E-state index in [0.717, 1.165) is 5.69 Å². The summed E-state index contributed by atoms with van der Waals surface area (Å²) in [7, 11) is 1.65. The van der Waals surface area contributed by atoms with Gasteiger partial charge in [-0.25, -0.2) is 4.79 Å². The van der Waals surface area contributed by atoms with Crippen LogP contribution >= 0.6 is 0 Å². The van der Waals surface area contributed by atoms with Crippen molar-refractivity contribution in [1.82, 2.24) is 0 Å². The van der Waals surface area contributed by atoms with Gasteiger partial charge >= 0.3 is 5.97 Å². The molecule has 3 N–H and O–H groups in total. The molecule has 0 aliphatic heterocycles. The Hall–Kier alpha value is -1.75. The van der Waals surface area contributed by atoms with Crippen LogP contribution in [0.3, 0.4) is 0 Å². The lowest BCUT2D eigenvalue weighted by Crippen LogP contribution is -2.18. The molecule has 0 spiro atoms. The van der Waals surface area contributed by atoms with Gasteiger partial charge in [-0.15, -0.1) is 0 Å². The van der Waals surface area contributed by atoms with Crippen molar-refractivity contribution in [2.24, 2.45) is 0 Å². The topological polar surface area (TPSA) is 73.6 Å². The summed E-state index contributed by atoms with van der Waals surface area (Å²) < 4.78 is 10.0. The number of nitrogens with one attached hydrogen (secondary N) is 1. The van der Waals surface area contributed by atoms with Crippen LogP contribution in [-0.2, 0) is 9.47 Å². The predicted molar refractivity (Wildman–Crippen MR) is 71.8 cm³/mol. The van der Waals surface area contributed by atoms with E-state index in [1.54, 1.807) is 32.2 Å². The Balaban J connectivity index is 2.70. The van der Waals surface area contributed by atoms with Crippen molar-refractivity contribution in [3.63, 3.8) is 0 Å². The Morgan fingerprint density at radius 1 is 1.50 bits per heavy atom. The van der Waals surface area contributed by atoms with Gasteiger partial charge in [0.05, 0.1) is 29.6 Å². The first-order valence-electron chi connectivity index (χ1n) is 5.91. The molecule has 100 valence electrons. The van der Waals surface area contributed by atoms with Crippen LogP contribution in [0.4, 0.5) is 11.4 Å². The Bertz CT molecular complexity index is 407. The summed E-state index contributed by atoms with van der Waals surface area (Å²) in [6, 6.07) is 5.07. The van der Waals surface area contributed by atoms with Crippen LogP contribution in [0.1, 0.15) is 24.2 Å². The molecule has 0 saturated heterocycles. The number of nitrogen functional groups attached to an aromatic ring is 1. The summed E-state index contributed by atoms with van der Waals surface area (Å²) in [6.45, 7) is 4.73. The Morgan fingerprint density at radius 2 is 2.22 bits per heavy atom. The second-order valence-electron chi connectivity index (χ2n) is 3.95. The van der Waals surface area contributed by atoms with E-state index in [9.17, 15) is 4.79 Å². The average molecular weight is 252 g/mol. The molecule has 0 fully saturated rings. The van der Waals surface area contributed by atoms with E-state index >= 15 is 0 Å². The highest BCUT2D eigenvalue weighted by atomic mass is 16.5. The lowest BCUT2D eigenvalue weighted by atomic mass is 10.1. The van der Waals surface area contributed by atoms with E-state index in [4.69, 9.17) is 15.2 Å². The molecule has 5 heteroatoms. The van der Waals surface area contributed by atoms with Gasteiger partial charge in [-0.1, -0.05) is 0 Å². The van der Waals surface area contributed by atoms with Crippen molar-refractivity contribution >= 4 is 17.3 Å². The first-order valence-corrected chi connectivity index (χ1v) is 5.91. The third kappa shape index (κ3) is 3.92. The number of rotatable bonds is 6. The quantitative estimate of drug-likeness (QED) is 0.597. The molecule has 1 rings (SSSR count). The summed E-state index contributed by atoms with van der Waals surface area (Å²) >= 11 is 0. The largest absolute Gasteiger partial charge is 0.462 e. The highest BCUT2D eigenvalue weighted by Crippen LogP contribution is 2.20. The van der Waals surface area contributed by atoms with Crippen LogP contribution in [0.15, 0.2) is 18.2 Å². The first kappa shape index (κ1) is 14.3. The van der Waals surface area contributed by atoms with Crippen molar-refractivity contribution in [3.8, 4) is 0 Å². The van der Waals surface area contributed by atoms with Crippen molar-refractivity contribution in [1.29, 1.82) is 0 Å². The highest BCUT2D eigenvalue weighted by molar-refractivity contribution is 5.91. The summed E-state index contributed by atoms with van der Waals surface area (Å²) in [6.07, 6.45) is 0.0918. The summed E-state index contributed by atoms with van der Waals surface area (Å²) in [5.41, 5.74) is 7.63. The van der Waals surface area contributed by atoms with Gasteiger partial charge in [-0.3, -0.25) is 0 Å². The maximum atomic E-state index is 11.5. The summed E-state index contributed by atoms with van der Waals surface area (Å²) in [4.78, 5) is 11.5. The Morgan fingerprint density at radius 3 is 2.78 bits per heavy atom. The van der Waals surface area contributed by atoms with E-state index in [-0.39, 0.29) is 12.1 Å². The number of carbonyl (C=O) groups is 1. The van der Waals surface area contributed by atoms with Crippen LogP contribution in [-0.4, -0.2) is 32.3 Å². The summed E-state index contributed by atoms with van der Waals surface area (Å²) in [5.74, 6) is -0.360. The average Bonchev–Trinajstić information content (AvgIpc) is 2.37. The number of methoxy groups -OCH3 is 1. The molecular formula is C13H20N2O3. The molecule has 0 saturated carbocycles. The second-order valence-corrected chi connectivity index (χ2v) is 3.95. The molecule has 0 amide bonds. The normalized spacial score (nSPS) is 11.9. The van der Waals surface area contributed by atoms with Gasteiger partial charge in [0.2, 0.25) is 0 Å². The Labute approximate surface area is 107 Å². The molecule has 0 aliphatic carbocycles. The standard InChI is InChI=1S/C13H20N2O3/c1-4-18-13(16)10-5-6-12(11(14)7-10)15-8-9(2)17-3/h5-7,9,15H,4,8,14H2,1-3H3. The van der Waals surface area contributed by atoms with E-state index in [0.29, 0.717) is 24.4 Å². The molecule has 0 heterocycles. The Kier molecular flexibility index (Phi) is 5.45. The van der Waals surface area contributed by atoms with E-state index in [1.807, 2.05) is 6.92 Å². The first-order chi connectivity index (χ1) is 8.58. The molecule has 5 nitrogen and oxygen atoms in total.